The number of thiazole rings is 1. The maximum absolute atomic E-state index is 12.6. The summed E-state index contributed by atoms with van der Waals surface area (Å²) < 4.78 is 5.58. The zero-order valence-electron chi connectivity index (χ0n) is 17.4. The van der Waals surface area contributed by atoms with Crippen LogP contribution in [0.4, 0.5) is 5.13 Å². The number of nitrogens with one attached hydrogen (secondary N) is 2. The fourth-order valence-corrected chi connectivity index (χ4v) is 4.63. The maximum atomic E-state index is 12.6. The number of rotatable bonds is 8. The number of aromatic amines is 1. The lowest BCUT2D eigenvalue weighted by Crippen LogP contribution is -2.55. The van der Waals surface area contributed by atoms with E-state index in [0.717, 1.165) is 11.3 Å². The minimum absolute atomic E-state index is 0.0131. The Morgan fingerprint density at radius 1 is 1.35 bits per heavy atom. The van der Waals surface area contributed by atoms with Crippen molar-refractivity contribution in [2.24, 2.45) is 0 Å². The van der Waals surface area contributed by atoms with E-state index in [-0.39, 0.29) is 51.8 Å². The van der Waals surface area contributed by atoms with Crippen molar-refractivity contribution in [3.63, 3.8) is 0 Å². The molecule has 0 bridgehead atoms. The average molecular weight is 470 g/mol. The van der Waals surface area contributed by atoms with E-state index in [9.17, 15) is 19.5 Å². The Morgan fingerprint density at radius 3 is 2.68 bits per heavy atom. The number of ketones is 1. The number of carboxylic acid groups (broad SMARTS) is 1. The number of hydrogen-bond donors (Lipinski definition) is 3. The molecule has 2 unspecified atom stereocenters. The van der Waals surface area contributed by atoms with Gasteiger partial charge in [-0.3, -0.25) is 9.59 Å². The molecule has 3 rings (SSSR count). The number of hydrogen-bond acceptors (Lipinski definition) is 8. The van der Waals surface area contributed by atoms with Crippen LogP contribution in [-0.2, 0) is 11.2 Å². The van der Waals surface area contributed by atoms with Gasteiger partial charge in [-0.1, -0.05) is 36.8 Å². The highest BCUT2D eigenvalue weighted by atomic mass is 35.5. The largest absolute Gasteiger partial charge is 0.477 e. The third kappa shape index (κ3) is 4.89. The molecule has 3 N–H and O–H groups in total. The number of carboxylic acids is 1. The highest BCUT2D eigenvalue weighted by Crippen LogP contribution is 2.30. The molecule has 0 aromatic carbocycles. The van der Waals surface area contributed by atoms with Gasteiger partial charge in [0.25, 0.3) is 5.91 Å². The van der Waals surface area contributed by atoms with Crippen molar-refractivity contribution in [2.75, 3.05) is 25.1 Å². The quantitative estimate of drug-likeness (QED) is 0.501. The van der Waals surface area contributed by atoms with Crippen molar-refractivity contribution in [3.8, 4) is 0 Å². The maximum Gasteiger partial charge on any atom is 0.348 e. The van der Waals surface area contributed by atoms with Gasteiger partial charge in [0.1, 0.15) is 10.6 Å². The molecule has 0 radical (unpaired) electrons. The number of Topliss-reactive ketones (excluding diaryl/α,β-unsaturated/α-hetero) is 1. The van der Waals surface area contributed by atoms with Crippen molar-refractivity contribution in [3.05, 3.63) is 27.2 Å². The van der Waals surface area contributed by atoms with Crippen molar-refractivity contribution in [1.29, 1.82) is 0 Å². The lowest BCUT2D eigenvalue weighted by molar-refractivity contribution is 0.0538. The SMILES string of the molecule is CCC(=O)c1nc(N2CCC(NC(=O)c3nc(Cl)c(CC)[nH]3)C(OC)C2)sc1C(=O)O. The zero-order chi connectivity index (χ0) is 22.7. The molecule has 2 aromatic heterocycles. The zero-order valence-corrected chi connectivity index (χ0v) is 19.0. The van der Waals surface area contributed by atoms with E-state index in [2.05, 4.69) is 20.3 Å². The number of aryl methyl sites for hydroxylation is 1. The van der Waals surface area contributed by atoms with Crippen molar-refractivity contribution < 1.29 is 24.2 Å². The summed E-state index contributed by atoms with van der Waals surface area (Å²) in [6.07, 6.45) is 0.983. The number of carbonyl (C=O) groups excluding carboxylic acids is 2. The smallest absolute Gasteiger partial charge is 0.348 e. The van der Waals surface area contributed by atoms with Gasteiger partial charge in [0.15, 0.2) is 21.9 Å². The first-order chi connectivity index (χ1) is 14.8. The van der Waals surface area contributed by atoms with Gasteiger partial charge in [-0.15, -0.1) is 0 Å². The van der Waals surface area contributed by atoms with E-state index < -0.39 is 5.97 Å². The summed E-state index contributed by atoms with van der Waals surface area (Å²) in [6.45, 7) is 4.46. The van der Waals surface area contributed by atoms with Crippen LogP contribution in [0.25, 0.3) is 0 Å². The molecule has 0 saturated carbocycles. The Kier molecular flexibility index (Phi) is 7.29. The topological polar surface area (TPSA) is 138 Å². The minimum atomic E-state index is -1.17. The predicted molar refractivity (Wildman–Crippen MR) is 116 cm³/mol. The normalized spacial score (nSPS) is 18.8. The molecule has 1 aliphatic heterocycles. The monoisotopic (exact) mass is 469 g/mol. The molecule has 1 aliphatic rings. The van der Waals surface area contributed by atoms with Crippen LogP contribution < -0.4 is 10.2 Å². The molecule has 12 heteroatoms. The van der Waals surface area contributed by atoms with Crippen LogP contribution in [-0.4, -0.2) is 70.1 Å². The van der Waals surface area contributed by atoms with E-state index >= 15 is 0 Å². The molecule has 1 fully saturated rings. The van der Waals surface area contributed by atoms with Crippen LogP contribution in [0, 0.1) is 0 Å². The molecule has 168 valence electrons. The molecule has 3 heterocycles. The number of amides is 1. The second kappa shape index (κ2) is 9.75. The molecule has 0 aliphatic carbocycles. The van der Waals surface area contributed by atoms with Gasteiger partial charge in [-0.2, -0.15) is 0 Å². The molecule has 2 aromatic rings. The van der Waals surface area contributed by atoms with E-state index in [1.165, 1.54) is 0 Å². The van der Waals surface area contributed by atoms with Crippen LogP contribution in [0.5, 0.6) is 0 Å². The summed E-state index contributed by atoms with van der Waals surface area (Å²) >= 11 is 6.99. The number of carbonyl (C=O) groups is 3. The number of H-pyrrole nitrogens is 1. The fourth-order valence-electron chi connectivity index (χ4n) is 3.41. The summed E-state index contributed by atoms with van der Waals surface area (Å²) in [6, 6.07) is -0.279. The van der Waals surface area contributed by atoms with E-state index in [4.69, 9.17) is 16.3 Å². The van der Waals surface area contributed by atoms with Crippen LogP contribution in [0.1, 0.15) is 63.2 Å². The second-order valence-electron chi connectivity index (χ2n) is 7.05. The van der Waals surface area contributed by atoms with Gasteiger partial charge in [-0.05, 0) is 12.8 Å². The molecule has 31 heavy (non-hydrogen) atoms. The Morgan fingerprint density at radius 2 is 2.10 bits per heavy atom. The third-order valence-electron chi connectivity index (χ3n) is 5.14. The molecule has 1 amide bonds. The Hall–Kier alpha value is -2.50. The number of aromatic carboxylic acids is 1. The number of halogens is 1. The number of nitrogens with zero attached hydrogens (tertiary/aromatic N) is 3. The highest BCUT2D eigenvalue weighted by molar-refractivity contribution is 7.17. The summed E-state index contributed by atoms with van der Waals surface area (Å²) in [7, 11) is 1.54. The molecular weight excluding hydrogens is 446 g/mol. The van der Waals surface area contributed by atoms with Crippen molar-refractivity contribution in [1.82, 2.24) is 20.3 Å². The lowest BCUT2D eigenvalue weighted by atomic mass is 10.0. The van der Waals surface area contributed by atoms with Crippen LogP contribution in [0.15, 0.2) is 0 Å². The lowest BCUT2D eigenvalue weighted by Gasteiger charge is -2.37. The predicted octanol–water partition coefficient (Wildman–Crippen LogP) is 2.40. The minimum Gasteiger partial charge on any atom is -0.477 e. The van der Waals surface area contributed by atoms with Gasteiger partial charge in [0.05, 0.1) is 17.8 Å². The van der Waals surface area contributed by atoms with Gasteiger partial charge < -0.3 is 25.0 Å². The van der Waals surface area contributed by atoms with Crippen LogP contribution in [0.2, 0.25) is 5.15 Å². The molecule has 0 spiro atoms. The summed E-state index contributed by atoms with van der Waals surface area (Å²) in [5, 5.41) is 13.1. The molecular formula is C19H24ClN5O5S. The van der Waals surface area contributed by atoms with Crippen molar-refractivity contribution in [2.45, 2.75) is 45.3 Å². The Bertz CT molecular complexity index is 990. The van der Waals surface area contributed by atoms with Gasteiger partial charge in [0.2, 0.25) is 0 Å². The van der Waals surface area contributed by atoms with E-state index in [0.29, 0.717) is 36.8 Å². The van der Waals surface area contributed by atoms with Crippen LogP contribution in [0.3, 0.4) is 0 Å². The number of methoxy groups -OCH3 is 1. The third-order valence-corrected chi connectivity index (χ3v) is 6.56. The van der Waals surface area contributed by atoms with Crippen molar-refractivity contribution >= 4 is 45.7 Å². The first kappa shape index (κ1) is 23.2. The molecule has 2 atom stereocenters. The second-order valence-corrected chi connectivity index (χ2v) is 8.39. The number of imidazole rings is 1. The van der Waals surface area contributed by atoms with E-state index in [1.54, 1.807) is 14.0 Å². The van der Waals surface area contributed by atoms with Gasteiger partial charge >= 0.3 is 5.97 Å². The highest BCUT2D eigenvalue weighted by Gasteiger charge is 2.34. The number of ether oxygens (including phenoxy) is 1. The first-order valence-corrected chi connectivity index (χ1v) is 11.1. The summed E-state index contributed by atoms with van der Waals surface area (Å²) in [5.41, 5.74) is 0.682. The number of piperidine rings is 1. The Balaban J connectivity index is 1.72. The molecule has 10 nitrogen and oxygen atoms in total. The van der Waals surface area contributed by atoms with Crippen LogP contribution >= 0.6 is 22.9 Å². The first-order valence-electron chi connectivity index (χ1n) is 9.89. The van der Waals surface area contributed by atoms with E-state index in [1.807, 2.05) is 11.8 Å². The average Bonchev–Trinajstić information content (AvgIpc) is 3.37. The van der Waals surface area contributed by atoms with Gasteiger partial charge in [-0.25, -0.2) is 14.8 Å². The fraction of sp³-hybridized carbons (Fsp3) is 0.526. The van der Waals surface area contributed by atoms with Gasteiger partial charge in [0, 0.05) is 26.6 Å². The summed E-state index contributed by atoms with van der Waals surface area (Å²) in [5.74, 6) is -1.71. The Labute approximate surface area is 188 Å². The summed E-state index contributed by atoms with van der Waals surface area (Å²) in [4.78, 5) is 49.3. The number of anilines is 1. The molecule has 1 saturated heterocycles. The standard InChI is InChI=1S/C19H24ClN5O5S/c1-4-9-15(20)24-16(21-9)17(27)22-10-6-7-25(8-12(10)30-3)19-23-13(11(26)5-2)14(31-19)18(28)29/h10,12H,4-8H2,1-3H3,(H,21,24)(H,22,27)(H,28,29). The number of aromatic nitrogens is 3.